The standard InChI is InChI=1S/C22H22N6/c1-28-7-4-15(13-28)16-9-18-21-17(8-14-2-5-24-6-3-14)19(10-23)25-12-20(21)27-22(18)26-11-16/h4,7,9,11-14,24H,2-3,5-6,8H2,1H3,(H,26,27). The number of hydrogen-bond donors (Lipinski definition) is 2. The van der Waals surface area contributed by atoms with Crippen molar-refractivity contribution in [1.82, 2.24) is 24.8 Å². The van der Waals surface area contributed by atoms with Gasteiger partial charge in [0, 0.05) is 47.5 Å². The summed E-state index contributed by atoms with van der Waals surface area (Å²) in [6.45, 7) is 2.09. The van der Waals surface area contributed by atoms with E-state index in [-0.39, 0.29) is 0 Å². The van der Waals surface area contributed by atoms with E-state index in [1.807, 2.05) is 24.0 Å². The van der Waals surface area contributed by atoms with Gasteiger partial charge in [0.05, 0.1) is 11.7 Å². The zero-order valence-electron chi connectivity index (χ0n) is 15.9. The van der Waals surface area contributed by atoms with Gasteiger partial charge in [0.1, 0.15) is 17.4 Å². The van der Waals surface area contributed by atoms with E-state index in [1.165, 1.54) is 0 Å². The van der Waals surface area contributed by atoms with Crippen molar-refractivity contribution in [3.63, 3.8) is 0 Å². The molecule has 0 spiro atoms. The maximum absolute atomic E-state index is 9.70. The molecule has 0 atom stereocenters. The monoisotopic (exact) mass is 370 g/mol. The molecule has 0 aromatic carbocycles. The van der Waals surface area contributed by atoms with Crippen molar-refractivity contribution >= 4 is 21.9 Å². The van der Waals surface area contributed by atoms with E-state index in [2.05, 4.69) is 44.7 Å². The largest absolute Gasteiger partial charge is 0.357 e. The van der Waals surface area contributed by atoms with Crippen molar-refractivity contribution in [1.29, 1.82) is 5.26 Å². The SMILES string of the molecule is Cn1ccc(-c2cnc3[nH]c4cnc(C#N)c(CC5CCNCC5)c4c3c2)c1. The highest BCUT2D eigenvalue weighted by molar-refractivity contribution is 6.09. The van der Waals surface area contributed by atoms with E-state index >= 15 is 0 Å². The van der Waals surface area contributed by atoms with Crippen LogP contribution in [0.2, 0.25) is 0 Å². The van der Waals surface area contributed by atoms with Crippen molar-refractivity contribution in [3.05, 3.63) is 48.2 Å². The average molecular weight is 370 g/mol. The van der Waals surface area contributed by atoms with Crippen molar-refractivity contribution in [2.45, 2.75) is 19.3 Å². The lowest BCUT2D eigenvalue weighted by molar-refractivity contribution is 0.373. The molecule has 5 rings (SSSR count). The second kappa shape index (κ2) is 6.77. The van der Waals surface area contributed by atoms with Gasteiger partial charge in [-0.2, -0.15) is 5.26 Å². The Morgan fingerprint density at radius 3 is 2.82 bits per heavy atom. The topological polar surface area (TPSA) is 82.3 Å². The van der Waals surface area contributed by atoms with Gasteiger partial charge in [0.25, 0.3) is 0 Å². The fourth-order valence-electron chi connectivity index (χ4n) is 4.34. The zero-order valence-corrected chi connectivity index (χ0v) is 15.9. The summed E-state index contributed by atoms with van der Waals surface area (Å²) < 4.78 is 2.04. The van der Waals surface area contributed by atoms with Gasteiger partial charge in [-0.15, -0.1) is 0 Å². The van der Waals surface area contributed by atoms with Crippen LogP contribution in [-0.2, 0) is 13.5 Å². The van der Waals surface area contributed by atoms with Crippen molar-refractivity contribution in [3.8, 4) is 17.2 Å². The van der Waals surface area contributed by atoms with Crippen LogP contribution in [0.1, 0.15) is 24.1 Å². The Morgan fingerprint density at radius 2 is 2.07 bits per heavy atom. The predicted molar refractivity (Wildman–Crippen MR) is 110 cm³/mol. The molecule has 6 heteroatoms. The summed E-state index contributed by atoms with van der Waals surface area (Å²) in [4.78, 5) is 12.5. The van der Waals surface area contributed by atoms with E-state index in [4.69, 9.17) is 0 Å². The molecule has 140 valence electrons. The first-order chi connectivity index (χ1) is 13.7. The molecule has 1 saturated heterocycles. The Labute approximate surface area is 163 Å². The molecule has 0 unspecified atom stereocenters. The Kier molecular flexibility index (Phi) is 4.10. The van der Waals surface area contributed by atoms with Crippen molar-refractivity contribution in [2.24, 2.45) is 13.0 Å². The molecule has 28 heavy (non-hydrogen) atoms. The lowest BCUT2D eigenvalue weighted by Gasteiger charge is -2.23. The highest BCUT2D eigenvalue weighted by Gasteiger charge is 2.21. The number of nitrogens with zero attached hydrogens (tertiary/aromatic N) is 4. The fraction of sp³-hybridized carbons (Fsp3) is 0.318. The Hall–Kier alpha value is -3.17. The van der Waals surface area contributed by atoms with Crippen LogP contribution in [-0.4, -0.2) is 32.6 Å². The van der Waals surface area contributed by atoms with Crippen LogP contribution < -0.4 is 5.32 Å². The first kappa shape index (κ1) is 17.0. The first-order valence-corrected chi connectivity index (χ1v) is 9.75. The minimum absolute atomic E-state index is 0.539. The van der Waals surface area contributed by atoms with Crippen molar-refractivity contribution in [2.75, 3.05) is 13.1 Å². The number of piperidine rings is 1. The highest BCUT2D eigenvalue weighted by Crippen LogP contribution is 2.33. The third-order valence-corrected chi connectivity index (χ3v) is 5.81. The quantitative estimate of drug-likeness (QED) is 0.578. The molecule has 5 heterocycles. The van der Waals surface area contributed by atoms with Gasteiger partial charge in [0.2, 0.25) is 0 Å². The number of aryl methyl sites for hydroxylation is 1. The summed E-state index contributed by atoms with van der Waals surface area (Å²) in [7, 11) is 2.02. The summed E-state index contributed by atoms with van der Waals surface area (Å²) in [6, 6.07) is 6.59. The molecule has 6 nitrogen and oxygen atoms in total. The van der Waals surface area contributed by atoms with Crippen LogP contribution in [0.25, 0.3) is 33.1 Å². The number of rotatable bonds is 3. The van der Waals surface area contributed by atoms with E-state index in [0.29, 0.717) is 11.6 Å². The molecule has 0 radical (unpaired) electrons. The molecule has 0 aliphatic carbocycles. The molecule has 0 saturated carbocycles. The predicted octanol–water partition coefficient (Wildman–Crippen LogP) is 3.53. The highest BCUT2D eigenvalue weighted by atomic mass is 14.9. The Balaban J connectivity index is 1.70. The number of fused-ring (bicyclic) bond motifs is 3. The normalized spacial score (nSPS) is 15.3. The second-order valence-corrected chi connectivity index (χ2v) is 7.69. The van der Waals surface area contributed by atoms with Crippen LogP contribution in [0, 0.1) is 17.2 Å². The fourth-order valence-corrected chi connectivity index (χ4v) is 4.34. The lowest BCUT2D eigenvalue weighted by atomic mass is 9.88. The van der Waals surface area contributed by atoms with Gasteiger partial charge in [-0.1, -0.05) is 0 Å². The van der Waals surface area contributed by atoms with Crippen molar-refractivity contribution < 1.29 is 0 Å². The minimum Gasteiger partial charge on any atom is -0.357 e. The number of aromatic amines is 1. The summed E-state index contributed by atoms with van der Waals surface area (Å²) >= 11 is 0. The van der Waals surface area contributed by atoms with Crippen LogP contribution in [0.3, 0.4) is 0 Å². The molecular weight excluding hydrogens is 348 g/mol. The van der Waals surface area contributed by atoms with Gasteiger partial charge in [-0.3, -0.25) is 0 Å². The van der Waals surface area contributed by atoms with Crippen LogP contribution in [0.4, 0.5) is 0 Å². The minimum atomic E-state index is 0.539. The van der Waals surface area contributed by atoms with E-state index < -0.39 is 0 Å². The smallest absolute Gasteiger partial charge is 0.144 e. The van der Waals surface area contributed by atoms with E-state index in [0.717, 1.165) is 71.0 Å². The molecule has 4 aromatic rings. The molecular formula is C22H22N6. The number of pyridine rings is 2. The number of hydrogen-bond acceptors (Lipinski definition) is 4. The maximum Gasteiger partial charge on any atom is 0.144 e. The second-order valence-electron chi connectivity index (χ2n) is 7.69. The summed E-state index contributed by atoms with van der Waals surface area (Å²) in [5.74, 6) is 0.580. The molecule has 0 amide bonds. The van der Waals surface area contributed by atoms with Crippen LogP contribution in [0.5, 0.6) is 0 Å². The molecule has 0 bridgehead atoms. The molecule has 1 fully saturated rings. The van der Waals surface area contributed by atoms with Gasteiger partial charge in [-0.05, 0) is 56.0 Å². The Morgan fingerprint density at radius 1 is 1.21 bits per heavy atom. The number of H-pyrrole nitrogens is 1. The molecule has 2 N–H and O–H groups in total. The first-order valence-electron chi connectivity index (χ1n) is 9.75. The molecule has 4 aromatic heterocycles. The molecule has 1 aliphatic rings. The van der Waals surface area contributed by atoms with Crippen LogP contribution >= 0.6 is 0 Å². The zero-order chi connectivity index (χ0) is 19.1. The summed E-state index contributed by atoms with van der Waals surface area (Å²) in [5, 5.41) is 15.3. The summed E-state index contributed by atoms with van der Waals surface area (Å²) in [5.41, 5.74) is 5.62. The Bertz CT molecular complexity index is 1200. The third-order valence-electron chi connectivity index (χ3n) is 5.81. The summed E-state index contributed by atoms with van der Waals surface area (Å²) in [6.07, 6.45) is 11.0. The van der Waals surface area contributed by atoms with Crippen LogP contribution in [0.15, 0.2) is 36.9 Å². The number of nitriles is 1. The van der Waals surface area contributed by atoms with Gasteiger partial charge in [0.15, 0.2) is 0 Å². The maximum atomic E-state index is 9.70. The van der Waals surface area contributed by atoms with E-state index in [1.54, 1.807) is 6.20 Å². The van der Waals surface area contributed by atoms with E-state index in [9.17, 15) is 5.26 Å². The number of nitrogens with one attached hydrogen (secondary N) is 2. The number of aromatic nitrogens is 4. The lowest BCUT2D eigenvalue weighted by Crippen LogP contribution is -2.28. The molecule has 1 aliphatic heterocycles. The third kappa shape index (κ3) is 2.85. The van der Waals surface area contributed by atoms with Gasteiger partial charge < -0.3 is 14.9 Å². The van der Waals surface area contributed by atoms with Gasteiger partial charge >= 0.3 is 0 Å². The average Bonchev–Trinajstić information content (AvgIpc) is 3.32. The van der Waals surface area contributed by atoms with Gasteiger partial charge in [-0.25, -0.2) is 9.97 Å².